The van der Waals surface area contributed by atoms with Gasteiger partial charge in [0.05, 0.1) is 19.0 Å². The molecule has 1 fully saturated rings. The summed E-state index contributed by atoms with van der Waals surface area (Å²) in [7, 11) is -1.19. The second-order valence-corrected chi connectivity index (χ2v) is 8.57. The van der Waals surface area contributed by atoms with Gasteiger partial charge in [-0.25, -0.2) is 8.42 Å². The molecule has 0 radical (unpaired) electrons. The largest absolute Gasteiger partial charge is 0.379 e. The summed E-state index contributed by atoms with van der Waals surface area (Å²) in [6, 6.07) is 0. The highest BCUT2D eigenvalue weighted by atomic mass is 32.2. The molecule has 0 aromatic carbocycles. The topological polar surface area (TPSA) is 79.8 Å². The summed E-state index contributed by atoms with van der Waals surface area (Å²) >= 11 is 0. The first-order valence-electron chi connectivity index (χ1n) is 8.71. The Labute approximate surface area is 141 Å². The standard InChI is InChI=1S/C16H33N3O3S/c1-17-16(19-11-12-22-13-14-23(2,20)21)18-10-6-9-15-7-4-3-5-8-15/h15H,3-14H2,1-2H3,(H2,17,18,19). The molecule has 0 bridgehead atoms. The molecule has 0 aromatic rings. The average Bonchev–Trinajstić information content (AvgIpc) is 2.52. The molecule has 0 atom stereocenters. The normalized spacial score (nSPS) is 17.2. The molecule has 0 spiro atoms. The lowest BCUT2D eigenvalue weighted by Gasteiger charge is -2.21. The van der Waals surface area contributed by atoms with E-state index in [1.165, 1.54) is 51.2 Å². The Bertz CT molecular complexity index is 432. The minimum atomic E-state index is -2.94. The molecule has 23 heavy (non-hydrogen) atoms. The lowest BCUT2D eigenvalue weighted by atomic mass is 9.86. The van der Waals surface area contributed by atoms with E-state index in [1.54, 1.807) is 7.05 Å². The molecule has 6 nitrogen and oxygen atoms in total. The minimum absolute atomic E-state index is 0.0706. The van der Waals surface area contributed by atoms with Crippen LogP contribution in [0.3, 0.4) is 0 Å². The molecule has 0 saturated heterocycles. The SMILES string of the molecule is CN=C(NCCCC1CCCCC1)NCCOCCS(C)(=O)=O. The van der Waals surface area contributed by atoms with E-state index in [1.807, 2.05) is 0 Å². The van der Waals surface area contributed by atoms with Gasteiger partial charge in [0.1, 0.15) is 9.84 Å². The maximum Gasteiger partial charge on any atom is 0.191 e. The van der Waals surface area contributed by atoms with Crippen molar-refractivity contribution in [3.63, 3.8) is 0 Å². The lowest BCUT2D eigenvalue weighted by Crippen LogP contribution is -2.39. The van der Waals surface area contributed by atoms with Crippen LogP contribution in [-0.4, -0.2) is 59.7 Å². The predicted molar refractivity (Wildman–Crippen MR) is 95.7 cm³/mol. The van der Waals surface area contributed by atoms with Crippen LogP contribution in [0.2, 0.25) is 0 Å². The number of nitrogens with zero attached hydrogens (tertiary/aromatic N) is 1. The Morgan fingerprint density at radius 3 is 2.48 bits per heavy atom. The molecule has 1 aliphatic carbocycles. The van der Waals surface area contributed by atoms with Crippen molar-refractivity contribution in [3.05, 3.63) is 0 Å². The number of sulfone groups is 1. The molecule has 0 unspecified atom stereocenters. The molecule has 136 valence electrons. The van der Waals surface area contributed by atoms with Gasteiger partial charge in [0.15, 0.2) is 5.96 Å². The first-order chi connectivity index (χ1) is 11.0. The quantitative estimate of drug-likeness (QED) is 0.356. The van der Waals surface area contributed by atoms with E-state index in [9.17, 15) is 8.42 Å². The summed E-state index contributed by atoms with van der Waals surface area (Å²) in [6.45, 7) is 2.27. The van der Waals surface area contributed by atoms with E-state index >= 15 is 0 Å². The molecular formula is C16H33N3O3S. The molecular weight excluding hydrogens is 314 g/mol. The Hall–Kier alpha value is -0.820. The number of guanidine groups is 1. The zero-order chi connectivity index (χ0) is 17.0. The summed E-state index contributed by atoms with van der Waals surface area (Å²) in [6.07, 6.45) is 10.7. The third-order valence-corrected chi connectivity index (χ3v) is 5.08. The van der Waals surface area contributed by atoms with Gasteiger partial charge in [0, 0.05) is 26.4 Å². The molecule has 1 rings (SSSR count). The summed E-state index contributed by atoms with van der Waals surface area (Å²) in [5.41, 5.74) is 0. The van der Waals surface area contributed by atoms with Crippen molar-refractivity contribution in [2.24, 2.45) is 10.9 Å². The first kappa shape index (κ1) is 20.2. The molecule has 1 aliphatic rings. The van der Waals surface area contributed by atoms with Crippen LogP contribution in [0, 0.1) is 5.92 Å². The number of ether oxygens (including phenoxy) is 1. The number of hydrogen-bond donors (Lipinski definition) is 2. The number of aliphatic imine (C=N–C) groups is 1. The highest BCUT2D eigenvalue weighted by Gasteiger charge is 2.12. The smallest absolute Gasteiger partial charge is 0.191 e. The maximum atomic E-state index is 11.0. The summed E-state index contributed by atoms with van der Waals surface area (Å²) in [5, 5.41) is 6.48. The molecule has 0 heterocycles. The van der Waals surface area contributed by atoms with Crippen LogP contribution in [0.4, 0.5) is 0 Å². The van der Waals surface area contributed by atoms with Gasteiger partial charge in [-0.15, -0.1) is 0 Å². The van der Waals surface area contributed by atoms with Crippen LogP contribution in [-0.2, 0) is 14.6 Å². The zero-order valence-corrected chi connectivity index (χ0v) is 15.5. The highest BCUT2D eigenvalue weighted by Crippen LogP contribution is 2.26. The Morgan fingerprint density at radius 2 is 1.83 bits per heavy atom. The van der Waals surface area contributed by atoms with Crippen LogP contribution in [0.15, 0.2) is 4.99 Å². The van der Waals surface area contributed by atoms with Crippen LogP contribution >= 0.6 is 0 Å². The van der Waals surface area contributed by atoms with E-state index < -0.39 is 9.84 Å². The van der Waals surface area contributed by atoms with Crippen LogP contribution in [0.1, 0.15) is 44.9 Å². The number of rotatable bonds is 10. The van der Waals surface area contributed by atoms with Gasteiger partial charge < -0.3 is 15.4 Å². The molecule has 2 N–H and O–H groups in total. The first-order valence-corrected chi connectivity index (χ1v) is 10.8. The Morgan fingerprint density at radius 1 is 1.13 bits per heavy atom. The summed E-state index contributed by atoms with van der Waals surface area (Å²) in [4.78, 5) is 4.17. The van der Waals surface area contributed by atoms with E-state index in [2.05, 4.69) is 15.6 Å². The number of nitrogens with one attached hydrogen (secondary N) is 2. The fourth-order valence-electron chi connectivity index (χ4n) is 2.85. The van der Waals surface area contributed by atoms with Crippen molar-refractivity contribution < 1.29 is 13.2 Å². The summed E-state index contributed by atoms with van der Waals surface area (Å²) < 4.78 is 27.2. The van der Waals surface area contributed by atoms with E-state index in [0.29, 0.717) is 13.2 Å². The maximum absolute atomic E-state index is 11.0. The van der Waals surface area contributed by atoms with Gasteiger partial charge in [-0.1, -0.05) is 32.1 Å². The highest BCUT2D eigenvalue weighted by molar-refractivity contribution is 7.90. The molecule has 7 heteroatoms. The summed E-state index contributed by atoms with van der Waals surface area (Å²) in [5.74, 6) is 1.77. The van der Waals surface area contributed by atoms with Gasteiger partial charge in [-0.2, -0.15) is 0 Å². The van der Waals surface area contributed by atoms with Gasteiger partial charge in [0.25, 0.3) is 0 Å². The van der Waals surface area contributed by atoms with Gasteiger partial charge in [0.2, 0.25) is 0 Å². The average molecular weight is 348 g/mol. The van der Waals surface area contributed by atoms with Crippen molar-refractivity contribution in [2.45, 2.75) is 44.9 Å². The number of hydrogen-bond acceptors (Lipinski definition) is 4. The van der Waals surface area contributed by atoms with Crippen molar-refractivity contribution in [3.8, 4) is 0 Å². The third-order valence-electron chi connectivity index (χ3n) is 4.17. The molecule has 1 saturated carbocycles. The van der Waals surface area contributed by atoms with E-state index in [-0.39, 0.29) is 12.4 Å². The van der Waals surface area contributed by atoms with Gasteiger partial charge in [-0.05, 0) is 18.8 Å². The monoisotopic (exact) mass is 347 g/mol. The fourth-order valence-corrected chi connectivity index (χ4v) is 3.27. The molecule has 0 aromatic heterocycles. The van der Waals surface area contributed by atoms with Crippen molar-refractivity contribution in [1.29, 1.82) is 0 Å². The predicted octanol–water partition coefficient (Wildman–Crippen LogP) is 1.57. The Kier molecular flexibility index (Phi) is 10.3. The zero-order valence-electron chi connectivity index (χ0n) is 14.6. The second-order valence-electron chi connectivity index (χ2n) is 6.31. The lowest BCUT2D eigenvalue weighted by molar-refractivity contribution is 0.154. The van der Waals surface area contributed by atoms with E-state index in [4.69, 9.17) is 4.74 Å². The van der Waals surface area contributed by atoms with Crippen LogP contribution < -0.4 is 10.6 Å². The third kappa shape index (κ3) is 11.4. The van der Waals surface area contributed by atoms with Crippen LogP contribution in [0.5, 0.6) is 0 Å². The van der Waals surface area contributed by atoms with E-state index in [0.717, 1.165) is 18.4 Å². The van der Waals surface area contributed by atoms with Gasteiger partial charge >= 0.3 is 0 Å². The fraction of sp³-hybridized carbons (Fsp3) is 0.938. The second kappa shape index (κ2) is 11.7. The van der Waals surface area contributed by atoms with Gasteiger partial charge in [-0.3, -0.25) is 4.99 Å². The Balaban J connectivity index is 1.99. The minimum Gasteiger partial charge on any atom is -0.379 e. The van der Waals surface area contributed by atoms with Crippen molar-refractivity contribution in [2.75, 3.05) is 45.4 Å². The van der Waals surface area contributed by atoms with Crippen molar-refractivity contribution >= 4 is 15.8 Å². The van der Waals surface area contributed by atoms with Crippen molar-refractivity contribution in [1.82, 2.24) is 10.6 Å². The molecule has 0 aliphatic heterocycles. The molecule has 0 amide bonds. The van der Waals surface area contributed by atoms with Crippen LogP contribution in [0.25, 0.3) is 0 Å².